The minimum absolute atomic E-state index is 0.354. The van der Waals surface area contributed by atoms with Crippen molar-refractivity contribution in [1.82, 2.24) is 9.88 Å². The molecule has 0 amide bonds. The second-order valence-corrected chi connectivity index (χ2v) is 4.49. The van der Waals surface area contributed by atoms with E-state index >= 15 is 0 Å². The second kappa shape index (κ2) is 5.97. The first-order valence-corrected chi connectivity index (χ1v) is 6.26. The van der Waals surface area contributed by atoms with E-state index in [2.05, 4.69) is 16.0 Å². The smallest absolute Gasteiger partial charge is 0.0485 e. The monoisotopic (exact) mass is 219 g/mol. The number of nitrogens with two attached hydrogens (primary N) is 1. The zero-order valence-electron chi connectivity index (χ0n) is 9.81. The van der Waals surface area contributed by atoms with Crippen LogP contribution in [0, 0.1) is 0 Å². The summed E-state index contributed by atoms with van der Waals surface area (Å²) < 4.78 is 0. The van der Waals surface area contributed by atoms with Gasteiger partial charge in [0, 0.05) is 25.0 Å². The van der Waals surface area contributed by atoms with Crippen molar-refractivity contribution in [2.24, 2.45) is 5.73 Å². The maximum absolute atomic E-state index is 5.92. The molecule has 0 bridgehead atoms. The average Bonchev–Trinajstić information content (AvgIpc) is 2.61. The molecule has 16 heavy (non-hydrogen) atoms. The molecule has 0 radical (unpaired) electrons. The fraction of sp³-hybridized carbons (Fsp3) is 0.615. The van der Waals surface area contributed by atoms with Gasteiger partial charge in [-0.2, -0.15) is 0 Å². The van der Waals surface area contributed by atoms with Crippen molar-refractivity contribution in [3.05, 3.63) is 30.1 Å². The highest BCUT2D eigenvalue weighted by molar-refractivity contribution is 5.14. The predicted molar refractivity (Wildman–Crippen MR) is 66.1 cm³/mol. The molecule has 0 aliphatic carbocycles. The van der Waals surface area contributed by atoms with E-state index in [1.807, 2.05) is 18.5 Å². The first-order chi connectivity index (χ1) is 7.92. The Morgan fingerprint density at radius 1 is 1.25 bits per heavy atom. The largest absolute Gasteiger partial charge is 0.329 e. The normalized spacial score (nSPS) is 20.3. The Balaban J connectivity index is 2.09. The van der Waals surface area contributed by atoms with Crippen molar-refractivity contribution in [2.75, 3.05) is 19.6 Å². The number of pyridine rings is 1. The van der Waals surface area contributed by atoms with Gasteiger partial charge in [-0.25, -0.2) is 0 Å². The summed E-state index contributed by atoms with van der Waals surface area (Å²) in [4.78, 5) is 6.71. The molecule has 1 unspecified atom stereocenters. The van der Waals surface area contributed by atoms with E-state index in [4.69, 9.17) is 5.73 Å². The predicted octanol–water partition coefficient (Wildman–Crippen LogP) is 1.96. The molecule has 2 N–H and O–H groups in total. The standard InChI is InChI=1S/C13H21N3/c14-10-13(12-6-5-7-15-11-12)16-8-3-1-2-4-9-16/h5-7,11,13H,1-4,8-10,14H2. The zero-order valence-corrected chi connectivity index (χ0v) is 9.81. The van der Waals surface area contributed by atoms with Crippen LogP contribution in [0.4, 0.5) is 0 Å². The SMILES string of the molecule is NCC(c1cccnc1)N1CCCCCC1. The number of likely N-dealkylation sites (tertiary alicyclic amines) is 1. The van der Waals surface area contributed by atoms with Crippen LogP contribution in [0.2, 0.25) is 0 Å². The van der Waals surface area contributed by atoms with E-state index in [1.165, 1.54) is 44.3 Å². The summed E-state index contributed by atoms with van der Waals surface area (Å²) in [5, 5.41) is 0. The van der Waals surface area contributed by atoms with Crippen molar-refractivity contribution in [2.45, 2.75) is 31.7 Å². The maximum atomic E-state index is 5.92. The van der Waals surface area contributed by atoms with Crippen LogP contribution in [-0.4, -0.2) is 29.5 Å². The molecule has 0 spiro atoms. The minimum atomic E-state index is 0.354. The highest BCUT2D eigenvalue weighted by Gasteiger charge is 2.19. The van der Waals surface area contributed by atoms with Gasteiger partial charge in [-0.3, -0.25) is 9.88 Å². The van der Waals surface area contributed by atoms with Crippen LogP contribution in [0.15, 0.2) is 24.5 Å². The summed E-state index contributed by atoms with van der Waals surface area (Å²) in [5.41, 5.74) is 7.17. The minimum Gasteiger partial charge on any atom is -0.329 e. The van der Waals surface area contributed by atoms with Gasteiger partial charge in [-0.15, -0.1) is 0 Å². The molecule has 1 aromatic heterocycles. The van der Waals surface area contributed by atoms with E-state index in [1.54, 1.807) is 0 Å². The lowest BCUT2D eigenvalue weighted by Crippen LogP contribution is -2.34. The Kier molecular flexibility index (Phi) is 4.31. The molecule has 1 saturated heterocycles. The van der Waals surface area contributed by atoms with Crippen LogP contribution in [-0.2, 0) is 0 Å². The molecular formula is C13H21N3. The van der Waals surface area contributed by atoms with Crippen LogP contribution in [0.25, 0.3) is 0 Å². The summed E-state index contributed by atoms with van der Waals surface area (Å²) in [5.74, 6) is 0. The molecule has 0 saturated carbocycles. The van der Waals surface area contributed by atoms with Gasteiger partial charge in [0.25, 0.3) is 0 Å². The number of hydrogen-bond donors (Lipinski definition) is 1. The topological polar surface area (TPSA) is 42.1 Å². The van der Waals surface area contributed by atoms with Crippen LogP contribution in [0.3, 0.4) is 0 Å². The number of hydrogen-bond acceptors (Lipinski definition) is 3. The van der Waals surface area contributed by atoms with Crippen molar-refractivity contribution >= 4 is 0 Å². The van der Waals surface area contributed by atoms with Gasteiger partial charge in [0.05, 0.1) is 0 Å². The summed E-state index contributed by atoms with van der Waals surface area (Å²) in [6.07, 6.45) is 9.09. The van der Waals surface area contributed by atoms with E-state index < -0.39 is 0 Å². The van der Waals surface area contributed by atoms with Gasteiger partial charge in [0.15, 0.2) is 0 Å². The lowest BCUT2D eigenvalue weighted by atomic mass is 10.1. The molecule has 1 aliphatic heterocycles. The molecule has 1 aromatic rings. The van der Waals surface area contributed by atoms with Crippen molar-refractivity contribution < 1.29 is 0 Å². The van der Waals surface area contributed by atoms with E-state index in [0.29, 0.717) is 12.6 Å². The fourth-order valence-corrected chi connectivity index (χ4v) is 2.48. The molecule has 1 aliphatic rings. The molecule has 2 heterocycles. The molecule has 88 valence electrons. The summed E-state index contributed by atoms with van der Waals surface area (Å²) in [7, 11) is 0. The molecule has 1 atom stereocenters. The Morgan fingerprint density at radius 2 is 2.00 bits per heavy atom. The van der Waals surface area contributed by atoms with Crippen molar-refractivity contribution in [3.8, 4) is 0 Å². The molecule has 0 aromatic carbocycles. The van der Waals surface area contributed by atoms with Gasteiger partial charge >= 0.3 is 0 Å². The molecular weight excluding hydrogens is 198 g/mol. The molecule has 2 rings (SSSR count). The lowest BCUT2D eigenvalue weighted by molar-refractivity contribution is 0.209. The van der Waals surface area contributed by atoms with Gasteiger partial charge in [-0.05, 0) is 37.6 Å². The number of aromatic nitrogens is 1. The van der Waals surface area contributed by atoms with Gasteiger partial charge in [-0.1, -0.05) is 18.9 Å². The van der Waals surface area contributed by atoms with Crippen LogP contribution in [0.1, 0.15) is 37.3 Å². The third kappa shape index (κ3) is 2.80. The Morgan fingerprint density at radius 3 is 2.56 bits per heavy atom. The maximum Gasteiger partial charge on any atom is 0.0485 e. The first kappa shape index (κ1) is 11.6. The van der Waals surface area contributed by atoms with Gasteiger partial charge in [0.2, 0.25) is 0 Å². The molecule has 3 heteroatoms. The molecule has 1 fully saturated rings. The quantitative estimate of drug-likeness (QED) is 0.845. The number of nitrogens with zero attached hydrogens (tertiary/aromatic N) is 2. The Labute approximate surface area is 97.7 Å². The van der Waals surface area contributed by atoms with Crippen LogP contribution < -0.4 is 5.73 Å². The zero-order chi connectivity index (χ0) is 11.2. The third-order valence-electron chi connectivity index (χ3n) is 3.37. The lowest BCUT2D eigenvalue weighted by Gasteiger charge is -2.29. The van der Waals surface area contributed by atoms with E-state index in [9.17, 15) is 0 Å². The fourth-order valence-electron chi connectivity index (χ4n) is 2.48. The van der Waals surface area contributed by atoms with Gasteiger partial charge in [0.1, 0.15) is 0 Å². The molecule has 3 nitrogen and oxygen atoms in total. The van der Waals surface area contributed by atoms with Crippen LogP contribution >= 0.6 is 0 Å². The summed E-state index contributed by atoms with van der Waals surface area (Å²) >= 11 is 0. The Bertz CT molecular complexity index is 291. The van der Waals surface area contributed by atoms with E-state index in [-0.39, 0.29) is 0 Å². The summed E-state index contributed by atoms with van der Waals surface area (Å²) in [6.45, 7) is 3.04. The van der Waals surface area contributed by atoms with E-state index in [0.717, 1.165) is 0 Å². The van der Waals surface area contributed by atoms with Gasteiger partial charge < -0.3 is 5.73 Å². The van der Waals surface area contributed by atoms with Crippen LogP contribution in [0.5, 0.6) is 0 Å². The second-order valence-electron chi connectivity index (χ2n) is 4.49. The Hall–Kier alpha value is -0.930. The average molecular weight is 219 g/mol. The third-order valence-corrected chi connectivity index (χ3v) is 3.37. The highest BCUT2D eigenvalue weighted by atomic mass is 15.2. The first-order valence-electron chi connectivity index (χ1n) is 6.26. The van der Waals surface area contributed by atoms with Crippen molar-refractivity contribution in [1.29, 1.82) is 0 Å². The number of rotatable bonds is 3. The van der Waals surface area contributed by atoms with Crippen molar-refractivity contribution in [3.63, 3.8) is 0 Å². The highest BCUT2D eigenvalue weighted by Crippen LogP contribution is 2.22. The summed E-state index contributed by atoms with van der Waals surface area (Å²) in [6, 6.07) is 4.48.